The Bertz CT molecular complexity index is 532. The highest BCUT2D eigenvalue weighted by atomic mass is 35.5. The van der Waals surface area contributed by atoms with Crippen LogP contribution in [0.1, 0.15) is 44.6 Å². The Kier molecular flexibility index (Phi) is 4.76. The van der Waals surface area contributed by atoms with E-state index in [-0.39, 0.29) is 11.0 Å². The summed E-state index contributed by atoms with van der Waals surface area (Å²) >= 11 is 12.4. The van der Waals surface area contributed by atoms with Gasteiger partial charge in [-0.3, -0.25) is 0 Å². The van der Waals surface area contributed by atoms with E-state index in [0.29, 0.717) is 16.0 Å². The van der Waals surface area contributed by atoms with Crippen molar-refractivity contribution >= 4 is 23.2 Å². The second-order valence-electron chi connectivity index (χ2n) is 7.13. The van der Waals surface area contributed by atoms with Crippen molar-refractivity contribution in [1.29, 1.82) is 0 Å². The van der Waals surface area contributed by atoms with Gasteiger partial charge >= 0.3 is 0 Å². The molecule has 1 atom stereocenters. The highest BCUT2D eigenvalue weighted by Crippen LogP contribution is 2.51. The van der Waals surface area contributed by atoms with E-state index in [1.165, 1.54) is 12.0 Å². The standard InChI is InChI=1S/C18H25Cl2NO/c1-17(22-2)6-8-18(9-7-17,14-5-10-21-12-14)13-3-4-15(19)16(20)11-13/h3-4,11,14,21H,5-10,12H2,1-2H3/t14?,17-,18-. The Labute approximate surface area is 143 Å². The molecule has 1 aliphatic heterocycles. The predicted octanol–water partition coefficient (Wildman–Crippen LogP) is 4.82. The molecule has 3 rings (SSSR count). The number of hydrogen-bond donors (Lipinski definition) is 1. The van der Waals surface area contributed by atoms with E-state index in [1.807, 2.05) is 13.2 Å². The van der Waals surface area contributed by atoms with E-state index in [1.54, 1.807) is 0 Å². The SMILES string of the molecule is CO[C@]1(C)CC[C@@](c2ccc(Cl)c(Cl)c2)(C2CCNC2)CC1. The molecule has 0 amide bonds. The summed E-state index contributed by atoms with van der Waals surface area (Å²) in [4.78, 5) is 0. The smallest absolute Gasteiger partial charge is 0.0651 e. The molecule has 1 aromatic rings. The first-order valence-electron chi connectivity index (χ1n) is 8.20. The Hall–Kier alpha value is -0.280. The Morgan fingerprint density at radius 3 is 2.41 bits per heavy atom. The topological polar surface area (TPSA) is 21.3 Å². The quantitative estimate of drug-likeness (QED) is 0.850. The zero-order chi connectivity index (χ0) is 15.8. The van der Waals surface area contributed by atoms with Crippen molar-refractivity contribution < 1.29 is 4.74 Å². The first-order chi connectivity index (χ1) is 10.5. The fourth-order valence-corrected chi connectivity index (χ4v) is 4.59. The second-order valence-corrected chi connectivity index (χ2v) is 7.94. The number of benzene rings is 1. The molecule has 1 aromatic carbocycles. The van der Waals surface area contributed by atoms with Crippen LogP contribution in [0.25, 0.3) is 0 Å². The van der Waals surface area contributed by atoms with Crippen LogP contribution in [0.4, 0.5) is 0 Å². The molecule has 1 heterocycles. The van der Waals surface area contributed by atoms with Crippen molar-refractivity contribution in [2.75, 3.05) is 20.2 Å². The van der Waals surface area contributed by atoms with E-state index in [9.17, 15) is 0 Å². The van der Waals surface area contributed by atoms with E-state index in [2.05, 4.69) is 24.4 Å². The molecule has 0 aromatic heterocycles. The lowest BCUT2D eigenvalue weighted by Gasteiger charge is -2.48. The van der Waals surface area contributed by atoms with Crippen molar-refractivity contribution in [3.05, 3.63) is 33.8 Å². The van der Waals surface area contributed by atoms with Gasteiger partial charge in [-0.25, -0.2) is 0 Å². The fourth-order valence-electron chi connectivity index (χ4n) is 4.29. The molecular weight excluding hydrogens is 317 g/mol. The van der Waals surface area contributed by atoms with Crippen LogP contribution in [-0.4, -0.2) is 25.8 Å². The van der Waals surface area contributed by atoms with Crippen LogP contribution in [0.3, 0.4) is 0 Å². The van der Waals surface area contributed by atoms with Gasteiger partial charge in [-0.15, -0.1) is 0 Å². The van der Waals surface area contributed by atoms with Crippen LogP contribution >= 0.6 is 23.2 Å². The molecule has 0 radical (unpaired) electrons. The third-order valence-electron chi connectivity index (χ3n) is 6.03. The Morgan fingerprint density at radius 2 is 1.86 bits per heavy atom. The van der Waals surface area contributed by atoms with Gasteiger partial charge in [0.1, 0.15) is 0 Å². The largest absolute Gasteiger partial charge is 0.379 e. The molecule has 0 bridgehead atoms. The van der Waals surface area contributed by atoms with Crippen LogP contribution < -0.4 is 5.32 Å². The van der Waals surface area contributed by atoms with E-state index < -0.39 is 0 Å². The zero-order valence-electron chi connectivity index (χ0n) is 13.4. The number of hydrogen-bond acceptors (Lipinski definition) is 2. The van der Waals surface area contributed by atoms with Gasteiger partial charge in [0.05, 0.1) is 15.6 Å². The average Bonchev–Trinajstić information content (AvgIpc) is 3.06. The minimum Gasteiger partial charge on any atom is -0.379 e. The highest BCUT2D eigenvalue weighted by molar-refractivity contribution is 6.42. The molecule has 1 N–H and O–H groups in total. The van der Waals surface area contributed by atoms with Crippen molar-refractivity contribution in [2.45, 2.75) is 50.0 Å². The van der Waals surface area contributed by atoms with Gasteiger partial charge in [0.15, 0.2) is 0 Å². The van der Waals surface area contributed by atoms with Gasteiger partial charge < -0.3 is 10.1 Å². The summed E-state index contributed by atoms with van der Waals surface area (Å²) < 4.78 is 5.75. The normalized spacial score (nSPS) is 35.7. The molecule has 1 saturated carbocycles. The summed E-state index contributed by atoms with van der Waals surface area (Å²) in [5.41, 5.74) is 1.58. The minimum absolute atomic E-state index is 0.0196. The van der Waals surface area contributed by atoms with Gasteiger partial charge in [-0.1, -0.05) is 29.3 Å². The Balaban J connectivity index is 1.95. The summed E-state index contributed by atoms with van der Waals surface area (Å²) in [5, 5.41) is 4.85. The van der Waals surface area contributed by atoms with Crippen molar-refractivity contribution in [1.82, 2.24) is 5.32 Å². The van der Waals surface area contributed by atoms with Crippen molar-refractivity contribution in [2.24, 2.45) is 5.92 Å². The lowest BCUT2D eigenvalue weighted by atomic mass is 9.59. The van der Waals surface area contributed by atoms with Crippen LogP contribution in [0.5, 0.6) is 0 Å². The van der Waals surface area contributed by atoms with Crippen LogP contribution in [0.2, 0.25) is 10.0 Å². The summed E-state index contributed by atoms with van der Waals surface area (Å²) in [6, 6.07) is 6.23. The maximum atomic E-state index is 6.31. The number of methoxy groups -OCH3 is 1. The fraction of sp³-hybridized carbons (Fsp3) is 0.667. The highest BCUT2D eigenvalue weighted by Gasteiger charge is 2.47. The molecule has 0 spiro atoms. The molecule has 2 fully saturated rings. The van der Waals surface area contributed by atoms with Crippen molar-refractivity contribution in [3.63, 3.8) is 0 Å². The molecule has 2 nitrogen and oxygen atoms in total. The summed E-state index contributed by atoms with van der Waals surface area (Å²) in [6.07, 6.45) is 5.74. The first kappa shape index (κ1) is 16.6. The number of halogens is 2. The lowest BCUT2D eigenvalue weighted by molar-refractivity contribution is -0.0466. The van der Waals surface area contributed by atoms with Gasteiger partial charge in [-0.2, -0.15) is 0 Å². The van der Waals surface area contributed by atoms with E-state index in [4.69, 9.17) is 27.9 Å². The summed E-state index contributed by atoms with van der Waals surface area (Å²) in [7, 11) is 1.84. The summed E-state index contributed by atoms with van der Waals surface area (Å²) in [5.74, 6) is 0.672. The molecular formula is C18H25Cl2NO. The maximum absolute atomic E-state index is 6.31. The van der Waals surface area contributed by atoms with Gasteiger partial charge in [0.2, 0.25) is 0 Å². The van der Waals surface area contributed by atoms with Crippen LogP contribution in [0, 0.1) is 5.92 Å². The van der Waals surface area contributed by atoms with E-state index in [0.717, 1.165) is 38.8 Å². The number of ether oxygens (including phenoxy) is 1. The van der Waals surface area contributed by atoms with Crippen LogP contribution in [0.15, 0.2) is 18.2 Å². The van der Waals surface area contributed by atoms with Gasteiger partial charge in [-0.05, 0) is 81.1 Å². The molecule has 1 aliphatic carbocycles. The monoisotopic (exact) mass is 341 g/mol. The minimum atomic E-state index is 0.0196. The second kappa shape index (κ2) is 6.32. The number of nitrogens with one attached hydrogen (secondary N) is 1. The molecule has 4 heteroatoms. The zero-order valence-corrected chi connectivity index (χ0v) is 14.9. The first-order valence-corrected chi connectivity index (χ1v) is 8.96. The molecule has 122 valence electrons. The molecule has 22 heavy (non-hydrogen) atoms. The van der Waals surface area contributed by atoms with E-state index >= 15 is 0 Å². The molecule has 1 saturated heterocycles. The maximum Gasteiger partial charge on any atom is 0.0651 e. The summed E-state index contributed by atoms with van der Waals surface area (Å²) in [6.45, 7) is 4.46. The Morgan fingerprint density at radius 1 is 1.14 bits per heavy atom. The predicted molar refractivity (Wildman–Crippen MR) is 93.0 cm³/mol. The number of rotatable bonds is 3. The molecule has 1 unspecified atom stereocenters. The average molecular weight is 342 g/mol. The molecule has 2 aliphatic rings. The third-order valence-corrected chi connectivity index (χ3v) is 6.77. The third kappa shape index (κ3) is 2.91. The van der Waals surface area contributed by atoms with Crippen molar-refractivity contribution in [3.8, 4) is 0 Å². The lowest BCUT2D eigenvalue weighted by Crippen LogP contribution is -2.45. The van der Waals surface area contributed by atoms with Crippen LogP contribution in [-0.2, 0) is 10.2 Å². The van der Waals surface area contributed by atoms with Gasteiger partial charge in [0.25, 0.3) is 0 Å². The van der Waals surface area contributed by atoms with Gasteiger partial charge in [0, 0.05) is 7.11 Å².